The highest BCUT2D eigenvalue weighted by Crippen LogP contribution is 2.39. The van der Waals surface area contributed by atoms with Crippen LogP contribution in [-0.2, 0) is 0 Å². The molecule has 0 atom stereocenters. The number of rotatable bonds is 12. The Labute approximate surface area is 565 Å². The van der Waals surface area contributed by atoms with Crippen LogP contribution in [0.15, 0.2) is 388 Å². The van der Waals surface area contributed by atoms with Gasteiger partial charge in [-0.15, -0.1) is 0 Å². The molecule has 16 aromatic rings. The van der Waals surface area contributed by atoms with E-state index in [9.17, 15) is 0 Å². The molecule has 0 heterocycles. The molecule has 0 aromatic heterocycles. The van der Waals surface area contributed by atoms with E-state index in [1.54, 1.807) is 0 Å². The van der Waals surface area contributed by atoms with Gasteiger partial charge in [-0.25, -0.2) is 0 Å². The summed E-state index contributed by atoms with van der Waals surface area (Å²) in [5, 5.41) is 10.3. The molecule has 16 aromatic carbocycles. The quantitative estimate of drug-likeness (QED) is 0.113. The van der Waals surface area contributed by atoms with Crippen LogP contribution in [0.5, 0.6) is 0 Å². The van der Waals surface area contributed by atoms with E-state index in [0.29, 0.717) is 0 Å². The van der Waals surface area contributed by atoms with Crippen molar-refractivity contribution < 1.29 is 0 Å². The molecule has 0 unspecified atom stereocenters. The van der Waals surface area contributed by atoms with Crippen LogP contribution in [0.25, 0.3) is 87.6 Å². The SMILES string of the molecule is CN(c1ccc(-c2ccccc2)cc1)c1ccc(-c2ccccc2)cc1.CN(c1ccc(-c2ccccc2)cc1)c1cccc(-c2ccccc2)c1.CN(c1ccccc1)c1c2ccccc2cc2ccccc12.CN(c1ccccc1)c1ccc2cc3ccccc3cc2c1. The third-order valence-corrected chi connectivity index (χ3v) is 17.9. The summed E-state index contributed by atoms with van der Waals surface area (Å²) in [5.41, 5.74) is 19.5. The van der Waals surface area contributed by atoms with Crippen LogP contribution in [0, 0.1) is 0 Å². The molecule has 0 radical (unpaired) electrons. The summed E-state index contributed by atoms with van der Waals surface area (Å²) in [6.45, 7) is 0. The normalized spacial score (nSPS) is 10.7. The smallest absolute Gasteiger partial charge is 0.0567 e. The first-order chi connectivity index (χ1) is 47.3. The van der Waals surface area contributed by atoms with Gasteiger partial charge >= 0.3 is 0 Å². The van der Waals surface area contributed by atoms with E-state index >= 15 is 0 Å². The topological polar surface area (TPSA) is 13.0 Å². The zero-order valence-corrected chi connectivity index (χ0v) is 54.7. The van der Waals surface area contributed by atoms with Crippen molar-refractivity contribution in [2.45, 2.75) is 0 Å². The minimum atomic E-state index is 1.18. The molecule has 16 rings (SSSR count). The Hall–Kier alpha value is -12.2. The van der Waals surface area contributed by atoms with Gasteiger partial charge in [0.1, 0.15) is 0 Å². The number of anilines is 8. The van der Waals surface area contributed by atoms with Crippen LogP contribution in [-0.4, -0.2) is 28.2 Å². The van der Waals surface area contributed by atoms with Crippen molar-refractivity contribution in [1.82, 2.24) is 0 Å². The molecule has 0 fully saturated rings. The van der Waals surface area contributed by atoms with Gasteiger partial charge in [-0.05, 0) is 180 Å². The molecule has 96 heavy (non-hydrogen) atoms. The number of para-hydroxylation sites is 2. The number of nitrogens with zero attached hydrogens (tertiary/aromatic N) is 4. The molecule has 0 aliphatic rings. The number of benzene rings is 16. The van der Waals surface area contributed by atoms with Gasteiger partial charge in [0.2, 0.25) is 0 Å². The number of fused-ring (bicyclic) bond motifs is 4. The van der Waals surface area contributed by atoms with Crippen molar-refractivity contribution in [2.75, 3.05) is 47.8 Å². The van der Waals surface area contributed by atoms with Gasteiger partial charge < -0.3 is 19.6 Å². The van der Waals surface area contributed by atoms with Crippen molar-refractivity contribution in [3.8, 4) is 44.5 Å². The molecule has 0 saturated heterocycles. The molecule has 0 N–H and O–H groups in total. The summed E-state index contributed by atoms with van der Waals surface area (Å²) in [4.78, 5) is 8.93. The van der Waals surface area contributed by atoms with Crippen LogP contribution in [0.2, 0.25) is 0 Å². The Balaban J connectivity index is 0.000000116. The maximum Gasteiger partial charge on any atom is 0.0567 e. The largest absolute Gasteiger partial charge is 0.345 e. The van der Waals surface area contributed by atoms with Crippen molar-refractivity contribution >= 4 is 88.6 Å². The first kappa shape index (κ1) is 62.6. The van der Waals surface area contributed by atoms with Crippen molar-refractivity contribution in [3.63, 3.8) is 0 Å². The third-order valence-electron chi connectivity index (χ3n) is 17.9. The molecule has 0 bridgehead atoms. The van der Waals surface area contributed by atoms with E-state index in [1.165, 1.54) is 133 Å². The molecular weight excluding hydrogens is 1160 g/mol. The van der Waals surface area contributed by atoms with E-state index in [0.717, 1.165) is 0 Å². The van der Waals surface area contributed by atoms with Crippen LogP contribution in [0.3, 0.4) is 0 Å². The molecule has 4 nitrogen and oxygen atoms in total. The van der Waals surface area contributed by atoms with Gasteiger partial charge in [0.25, 0.3) is 0 Å². The lowest BCUT2D eigenvalue weighted by atomic mass is 10.00. The van der Waals surface area contributed by atoms with E-state index in [2.05, 4.69) is 406 Å². The highest BCUT2D eigenvalue weighted by atomic mass is 15.1. The van der Waals surface area contributed by atoms with Gasteiger partial charge in [-0.1, -0.05) is 285 Å². The van der Waals surface area contributed by atoms with E-state index in [1.807, 2.05) is 30.3 Å². The van der Waals surface area contributed by atoms with Gasteiger partial charge in [0.05, 0.1) is 5.69 Å². The first-order valence-corrected chi connectivity index (χ1v) is 32.8. The summed E-state index contributed by atoms with van der Waals surface area (Å²) in [6, 6.07) is 137. The summed E-state index contributed by atoms with van der Waals surface area (Å²) in [5.74, 6) is 0. The second-order valence-electron chi connectivity index (χ2n) is 24.0. The van der Waals surface area contributed by atoms with E-state index < -0.39 is 0 Å². The van der Waals surface area contributed by atoms with Gasteiger partial charge in [-0.3, -0.25) is 0 Å². The fourth-order valence-corrected chi connectivity index (χ4v) is 12.4. The minimum absolute atomic E-state index is 1.18. The minimum Gasteiger partial charge on any atom is -0.345 e. The summed E-state index contributed by atoms with van der Waals surface area (Å²) in [7, 11) is 8.47. The average molecular weight is 1240 g/mol. The van der Waals surface area contributed by atoms with Gasteiger partial charge in [0, 0.05) is 78.8 Å². The highest BCUT2D eigenvalue weighted by molar-refractivity contribution is 6.12. The first-order valence-electron chi connectivity index (χ1n) is 32.8. The second-order valence-corrected chi connectivity index (χ2v) is 24.0. The Bertz CT molecular complexity index is 4990. The Morgan fingerprint density at radius 2 is 0.396 bits per heavy atom. The second kappa shape index (κ2) is 30.0. The molecule has 0 spiro atoms. The molecule has 4 heteroatoms. The Kier molecular flexibility index (Phi) is 19.6. The standard InChI is InChI=1S/2C25H21N.2C21H17N/c1-26(24-17-15-22(16-18-24)20-9-4-2-5-10-20)25-14-8-13-23(19-25)21-11-6-3-7-12-21;1-26(24-16-12-22(13-17-24)20-8-4-2-5-9-20)25-18-14-23(15-19-25)21-10-6-3-7-11-21;1-22(18-11-3-2-4-12-18)21-19-13-7-5-9-16(19)15-17-10-6-8-14-20(17)21;1-22(20-9-3-2-4-10-20)21-12-11-18-13-16-7-5-6-8-17(16)14-19(18)15-21/h2*2-19H,1H3;2*2-15H,1H3. The van der Waals surface area contributed by atoms with Crippen molar-refractivity contribution in [1.29, 1.82) is 0 Å². The molecule has 0 aliphatic heterocycles. The van der Waals surface area contributed by atoms with Crippen molar-refractivity contribution in [2.24, 2.45) is 0 Å². The number of hydrogen-bond donors (Lipinski definition) is 0. The third kappa shape index (κ3) is 14.8. The van der Waals surface area contributed by atoms with E-state index in [-0.39, 0.29) is 0 Å². The van der Waals surface area contributed by atoms with Crippen LogP contribution < -0.4 is 19.6 Å². The zero-order chi connectivity index (χ0) is 65.4. The predicted octanol–water partition coefficient (Wildman–Crippen LogP) is 25.1. The van der Waals surface area contributed by atoms with Crippen LogP contribution in [0.1, 0.15) is 0 Å². The van der Waals surface area contributed by atoms with E-state index in [4.69, 9.17) is 0 Å². The highest BCUT2D eigenvalue weighted by Gasteiger charge is 2.14. The summed E-state index contributed by atoms with van der Waals surface area (Å²) < 4.78 is 0. The molecule has 0 saturated carbocycles. The predicted molar refractivity (Wildman–Crippen MR) is 416 cm³/mol. The lowest BCUT2D eigenvalue weighted by Gasteiger charge is -2.23. The summed E-state index contributed by atoms with van der Waals surface area (Å²) >= 11 is 0. The van der Waals surface area contributed by atoms with Crippen molar-refractivity contribution in [3.05, 3.63) is 388 Å². The van der Waals surface area contributed by atoms with Gasteiger partial charge in [-0.2, -0.15) is 0 Å². The maximum absolute atomic E-state index is 2.28. The Morgan fingerprint density at radius 3 is 0.812 bits per heavy atom. The average Bonchev–Trinajstić information content (AvgIpc) is 0.801. The van der Waals surface area contributed by atoms with Crippen LogP contribution >= 0.6 is 0 Å². The maximum atomic E-state index is 2.28. The number of hydrogen-bond acceptors (Lipinski definition) is 4. The molecule has 0 aliphatic carbocycles. The Morgan fingerprint density at radius 1 is 0.146 bits per heavy atom. The molecular formula is C92H76N4. The summed E-state index contributed by atoms with van der Waals surface area (Å²) in [6.07, 6.45) is 0. The van der Waals surface area contributed by atoms with Crippen LogP contribution in [0.4, 0.5) is 45.5 Å². The lowest BCUT2D eigenvalue weighted by Crippen LogP contribution is -2.10. The lowest BCUT2D eigenvalue weighted by molar-refractivity contribution is 1.21. The zero-order valence-electron chi connectivity index (χ0n) is 54.7. The monoisotopic (exact) mass is 1240 g/mol. The van der Waals surface area contributed by atoms with Gasteiger partial charge in [0.15, 0.2) is 0 Å². The molecule has 0 amide bonds. The fourth-order valence-electron chi connectivity index (χ4n) is 12.4. The fraction of sp³-hybridized carbons (Fsp3) is 0.0435. The molecule has 464 valence electrons.